The van der Waals surface area contributed by atoms with Crippen molar-refractivity contribution < 1.29 is 4.79 Å². The van der Waals surface area contributed by atoms with Crippen LogP contribution in [0.2, 0.25) is 0 Å². The van der Waals surface area contributed by atoms with Crippen molar-refractivity contribution in [1.29, 1.82) is 0 Å². The molecule has 0 saturated heterocycles. The summed E-state index contributed by atoms with van der Waals surface area (Å²) in [5.41, 5.74) is 2.94. The minimum atomic E-state index is -0.0933. The van der Waals surface area contributed by atoms with Crippen LogP contribution in [0.25, 0.3) is 5.69 Å². The number of nitrogens with zero attached hydrogens (tertiary/aromatic N) is 5. The highest BCUT2D eigenvalue weighted by atomic mass is 32.2. The SMILES string of the molecule is Cc1ccc(-n2nc(C)cc2NC(=O)CSc2nnc(C3CC3)n2C)cc1. The second-order valence-corrected chi connectivity index (χ2v) is 7.87. The first kappa shape index (κ1) is 17.8. The van der Waals surface area contributed by atoms with Crippen molar-refractivity contribution in [1.82, 2.24) is 24.5 Å². The molecule has 140 valence electrons. The lowest BCUT2D eigenvalue weighted by Crippen LogP contribution is -2.17. The Hall–Kier alpha value is -2.61. The Balaban J connectivity index is 1.43. The predicted molar refractivity (Wildman–Crippen MR) is 105 cm³/mol. The van der Waals surface area contributed by atoms with E-state index in [1.54, 1.807) is 4.68 Å². The summed E-state index contributed by atoms with van der Waals surface area (Å²) in [6.45, 7) is 3.95. The maximum atomic E-state index is 12.5. The molecule has 7 nitrogen and oxygen atoms in total. The largest absolute Gasteiger partial charge is 0.310 e. The molecule has 0 aliphatic heterocycles. The molecule has 27 heavy (non-hydrogen) atoms. The molecule has 1 N–H and O–H groups in total. The van der Waals surface area contributed by atoms with E-state index >= 15 is 0 Å². The van der Waals surface area contributed by atoms with Crippen LogP contribution in [0.3, 0.4) is 0 Å². The molecule has 1 saturated carbocycles. The van der Waals surface area contributed by atoms with Gasteiger partial charge in [-0.15, -0.1) is 10.2 Å². The van der Waals surface area contributed by atoms with Crippen molar-refractivity contribution in [3.63, 3.8) is 0 Å². The first-order valence-electron chi connectivity index (χ1n) is 8.97. The molecule has 3 aromatic rings. The summed E-state index contributed by atoms with van der Waals surface area (Å²) in [5, 5.41) is 16.7. The van der Waals surface area contributed by atoms with Crippen molar-refractivity contribution in [3.05, 3.63) is 47.4 Å². The molecule has 0 unspecified atom stereocenters. The zero-order valence-electron chi connectivity index (χ0n) is 15.6. The number of benzene rings is 1. The van der Waals surface area contributed by atoms with Gasteiger partial charge in [-0.2, -0.15) is 5.10 Å². The van der Waals surface area contributed by atoms with E-state index in [2.05, 4.69) is 20.6 Å². The Morgan fingerprint density at radius 2 is 1.96 bits per heavy atom. The van der Waals surface area contributed by atoms with Crippen molar-refractivity contribution in [2.24, 2.45) is 7.05 Å². The van der Waals surface area contributed by atoms with Crippen molar-refractivity contribution >= 4 is 23.5 Å². The number of aryl methyl sites for hydroxylation is 2. The normalized spacial score (nSPS) is 13.7. The molecule has 1 fully saturated rings. The lowest BCUT2D eigenvalue weighted by molar-refractivity contribution is -0.113. The fourth-order valence-electron chi connectivity index (χ4n) is 2.93. The molecule has 2 aromatic heterocycles. The van der Waals surface area contributed by atoms with Crippen LogP contribution in [-0.4, -0.2) is 36.2 Å². The van der Waals surface area contributed by atoms with Gasteiger partial charge in [0.05, 0.1) is 17.1 Å². The van der Waals surface area contributed by atoms with E-state index in [-0.39, 0.29) is 11.7 Å². The summed E-state index contributed by atoms with van der Waals surface area (Å²) < 4.78 is 3.75. The van der Waals surface area contributed by atoms with Crippen LogP contribution in [0.4, 0.5) is 5.82 Å². The first-order valence-corrected chi connectivity index (χ1v) is 9.95. The van der Waals surface area contributed by atoms with E-state index in [1.165, 1.54) is 30.2 Å². The molecule has 1 amide bonds. The number of thioether (sulfide) groups is 1. The summed E-state index contributed by atoms with van der Waals surface area (Å²) >= 11 is 1.40. The van der Waals surface area contributed by atoms with E-state index < -0.39 is 0 Å². The van der Waals surface area contributed by atoms with Gasteiger partial charge in [-0.25, -0.2) is 4.68 Å². The minimum absolute atomic E-state index is 0.0933. The average Bonchev–Trinajstić information content (AvgIpc) is 3.32. The van der Waals surface area contributed by atoms with Crippen molar-refractivity contribution in [3.8, 4) is 5.69 Å². The van der Waals surface area contributed by atoms with Gasteiger partial charge in [0, 0.05) is 19.0 Å². The van der Waals surface area contributed by atoms with Crippen LogP contribution in [0.1, 0.15) is 35.8 Å². The molecule has 0 radical (unpaired) electrons. The monoisotopic (exact) mass is 382 g/mol. The van der Waals surface area contributed by atoms with Crippen molar-refractivity contribution in [2.75, 3.05) is 11.1 Å². The fraction of sp³-hybridized carbons (Fsp3) is 0.368. The summed E-state index contributed by atoms with van der Waals surface area (Å²) in [4.78, 5) is 12.5. The van der Waals surface area contributed by atoms with Gasteiger partial charge in [-0.3, -0.25) is 4.79 Å². The van der Waals surface area contributed by atoms with Crippen LogP contribution < -0.4 is 5.32 Å². The number of amides is 1. The number of carbonyl (C=O) groups excluding carboxylic acids is 1. The Morgan fingerprint density at radius 1 is 1.22 bits per heavy atom. The van der Waals surface area contributed by atoms with Crippen LogP contribution in [0.15, 0.2) is 35.5 Å². The number of anilines is 1. The van der Waals surface area contributed by atoms with Crippen LogP contribution >= 0.6 is 11.8 Å². The molecule has 1 aliphatic rings. The van der Waals surface area contributed by atoms with Gasteiger partial charge in [-0.1, -0.05) is 29.5 Å². The smallest absolute Gasteiger partial charge is 0.236 e. The highest BCUT2D eigenvalue weighted by Gasteiger charge is 2.29. The zero-order valence-corrected chi connectivity index (χ0v) is 16.5. The van der Waals surface area contributed by atoms with Crippen LogP contribution in [-0.2, 0) is 11.8 Å². The van der Waals surface area contributed by atoms with Gasteiger partial charge >= 0.3 is 0 Å². The van der Waals surface area contributed by atoms with E-state index in [9.17, 15) is 4.79 Å². The Labute approximate surface area is 162 Å². The predicted octanol–water partition coefficient (Wildman–Crippen LogP) is 3.23. The third-order valence-electron chi connectivity index (χ3n) is 4.52. The number of carbonyl (C=O) groups is 1. The van der Waals surface area contributed by atoms with Gasteiger partial charge in [0.2, 0.25) is 5.91 Å². The topological polar surface area (TPSA) is 77.6 Å². The fourth-order valence-corrected chi connectivity index (χ4v) is 3.65. The van der Waals surface area contributed by atoms with E-state index in [0.717, 1.165) is 22.4 Å². The Kier molecular flexibility index (Phi) is 4.73. The Bertz CT molecular complexity index is 971. The molecule has 8 heteroatoms. The van der Waals surface area contributed by atoms with E-state index in [4.69, 9.17) is 0 Å². The molecule has 2 heterocycles. The quantitative estimate of drug-likeness (QED) is 0.662. The molecule has 0 bridgehead atoms. The lowest BCUT2D eigenvalue weighted by atomic mass is 10.2. The third-order valence-corrected chi connectivity index (χ3v) is 5.54. The maximum Gasteiger partial charge on any atom is 0.236 e. The maximum absolute atomic E-state index is 12.5. The Morgan fingerprint density at radius 3 is 2.67 bits per heavy atom. The first-order chi connectivity index (χ1) is 13.0. The minimum Gasteiger partial charge on any atom is -0.310 e. The second kappa shape index (κ2) is 7.19. The van der Waals surface area contributed by atoms with E-state index in [0.29, 0.717) is 11.7 Å². The highest BCUT2D eigenvalue weighted by Crippen LogP contribution is 2.39. The van der Waals surface area contributed by atoms with Gasteiger partial charge in [0.25, 0.3) is 0 Å². The van der Waals surface area contributed by atoms with Gasteiger partial charge in [0.1, 0.15) is 11.6 Å². The number of hydrogen-bond acceptors (Lipinski definition) is 5. The zero-order chi connectivity index (χ0) is 19.0. The molecular formula is C19H22N6OS. The molecule has 0 atom stereocenters. The van der Waals surface area contributed by atoms with Crippen LogP contribution in [0.5, 0.6) is 0 Å². The number of aromatic nitrogens is 5. The second-order valence-electron chi connectivity index (χ2n) is 6.93. The summed E-state index contributed by atoms with van der Waals surface area (Å²) in [7, 11) is 1.96. The molecule has 0 spiro atoms. The van der Waals surface area contributed by atoms with Gasteiger partial charge < -0.3 is 9.88 Å². The third kappa shape index (κ3) is 3.90. The number of hydrogen-bond donors (Lipinski definition) is 1. The summed E-state index contributed by atoms with van der Waals surface area (Å²) in [6.07, 6.45) is 2.36. The number of nitrogens with one attached hydrogen (secondary N) is 1. The van der Waals surface area contributed by atoms with Crippen molar-refractivity contribution in [2.45, 2.75) is 37.8 Å². The average molecular weight is 382 g/mol. The molecule has 1 aromatic carbocycles. The highest BCUT2D eigenvalue weighted by molar-refractivity contribution is 7.99. The van der Waals surface area contributed by atoms with Gasteiger partial charge in [-0.05, 0) is 38.8 Å². The molecular weight excluding hydrogens is 360 g/mol. The standard InChI is InChI=1S/C19H22N6OS/c1-12-4-8-15(9-5-12)25-16(10-13(2)23-25)20-17(26)11-27-19-22-21-18(24(19)3)14-6-7-14/h4-5,8-10,14H,6-7,11H2,1-3H3,(H,20,26). The lowest BCUT2D eigenvalue weighted by Gasteiger charge is -2.09. The van der Waals surface area contributed by atoms with Gasteiger partial charge in [0.15, 0.2) is 5.16 Å². The summed E-state index contributed by atoms with van der Waals surface area (Å²) in [6, 6.07) is 9.91. The van der Waals surface area contributed by atoms with E-state index in [1.807, 2.05) is 55.8 Å². The molecule has 1 aliphatic carbocycles. The summed E-state index contributed by atoms with van der Waals surface area (Å²) in [5.74, 6) is 2.40. The van der Waals surface area contributed by atoms with Crippen LogP contribution in [0, 0.1) is 13.8 Å². The number of rotatable bonds is 6. The molecule has 4 rings (SSSR count).